The van der Waals surface area contributed by atoms with Crippen molar-refractivity contribution in [3.63, 3.8) is 0 Å². The number of aromatic nitrogens is 1. The van der Waals surface area contributed by atoms with Crippen molar-refractivity contribution >= 4 is 22.6 Å². The van der Waals surface area contributed by atoms with Gasteiger partial charge >= 0.3 is 5.97 Å². The molecular weight excluding hydrogens is 268 g/mol. The van der Waals surface area contributed by atoms with Gasteiger partial charge in [-0.3, -0.25) is 4.79 Å². The number of anilines is 1. The van der Waals surface area contributed by atoms with E-state index in [2.05, 4.69) is 16.8 Å². The predicted octanol–water partition coefficient (Wildman–Crippen LogP) is 2.30. The minimum Gasteiger partial charge on any atom is -0.465 e. The highest BCUT2D eigenvalue weighted by Gasteiger charge is 2.23. The van der Waals surface area contributed by atoms with E-state index in [-0.39, 0.29) is 11.5 Å². The number of aromatic amines is 1. The lowest BCUT2D eigenvalue weighted by Crippen LogP contribution is -2.31. The first-order chi connectivity index (χ1) is 10.1. The van der Waals surface area contributed by atoms with Crippen LogP contribution in [-0.2, 0) is 4.74 Å². The minimum absolute atomic E-state index is 0.0814. The highest BCUT2D eigenvalue weighted by Crippen LogP contribution is 2.25. The number of rotatable bonds is 2. The number of H-pyrrole nitrogens is 1. The van der Waals surface area contributed by atoms with E-state index in [0.717, 1.165) is 30.3 Å². The first kappa shape index (κ1) is 13.7. The lowest BCUT2D eigenvalue weighted by Gasteiger charge is -2.23. The average molecular weight is 286 g/mol. The molecule has 1 aromatic heterocycles. The maximum Gasteiger partial charge on any atom is 0.337 e. The Labute approximate surface area is 122 Å². The molecule has 0 spiro atoms. The molecule has 1 saturated heterocycles. The molecule has 5 heteroatoms. The Morgan fingerprint density at radius 2 is 2.19 bits per heavy atom. The minimum atomic E-state index is -0.376. The van der Waals surface area contributed by atoms with Gasteiger partial charge in [0.2, 0.25) is 0 Å². The Hall–Kier alpha value is -2.30. The number of pyridine rings is 1. The number of nitrogens with zero attached hydrogens (tertiary/aromatic N) is 1. The molecule has 1 aliphatic heterocycles. The van der Waals surface area contributed by atoms with Gasteiger partial charge in [0.15, 0.2) is 0 Å². The Morgan fingerprint density at radius 1 is 1.38 bits per heavy atom. The molecule has 0 saturated carbocycles. The van der Waals surface area contributed by atoms with Crippen molar-refractivity contribution in [2.24, 2.45) is 0 Å². The molecule has 1 N–H and O–H groups in total. The average Bonchev–Trinajstić information content (AvgIpc) is 2.91. The van der Waals surface area contributed by atoms with E-state index < -0.39 is 0 Å². The highest BCUT2D eigenvalue weighted by atomic mass is 16.5. The lowest BCUT2D eigenvalue weighted by molar-refractivity contribution is 0.0601. The zero-order valence-corrected chi connectivity index (χ0v) is 12.2. The van der Waals surface area contributed by atoms with Crippen LogP contribution >= 0.6 is 0 Å². The monoisotopic (exact) mass is 286 g/mol. The van der Waals surface area contributed by atoms with Gasteiger partial charge in [-0.15, -0.1) is 0 Å². The van der Waals surface area contributed by atoms with E-state index in [1.165, 1.54) is 7.11 Å². The van der Waals surface area contributed by atoms with Gasteiger partial charge in [-0.05, 0) is 44.0 Å². The fraction of sp³-hybridized carbons (Fsp3) is 0.375. The molecule has 5 nitrogen and oxygen atoms in total. The van der Waals surface area contributed by atoms with Crippen molar-refractivity contribution in [3.8, 4) is 0 Å². The number of ether oxygens (including phenoxy) is 1. The second kappa shape index (κ2) is 5.24. The third-order valence-corrected chi connectivity index (χ3v) is 4.11. The first-order valence-electron chi connectivity index (χ1n) is 7.12. The van der Waals surface area contributed by atoms with Crippen molar-refractivity contribution in [2.75, 3.05) is 18.6 Å². The molecule has 0 radical (unpaired) electrons. The second-order valence-corrected chi connectivity index (χ2v) is 5.46. The summed E-state index contributed by atoms with van der Waals surface area (Å²) >= 11 is 0. The van der Waals surface area contributed by atoms with Gasteiger partial charge in [-0.25, -0.2) is 4.79 Å². The fourth-order valence-electron chi connectivity index (χ4n) is 2.94. The van der Waals surface area contributed by atoms with E-state index in [1.54, 1.807) is 18.2 Å². The van der Waals surface area contributed by atoms with Crippen LogP contribution in [0.3, 0.4) is 0 Å². The van der Waals surface area contributed by atoms with Crippen LogP contribution in [0.2, 0.25) is 0 Å². The van der Waals surface area contributed by atoms with Crippen LogP contribution in [0.5, 0.6) is 0 Å². The van der Waals surface area contributed by atoms with Crippen LogP contribution in [0, 0.1) is 0 Å². The second-order valence-electron chi connectivity index (χ2n) is 5.46. The molecule has 0 unspecified atom stereocenters. The molecule has 3 rings (SSSR count). The highest BCUT2D eigenvalue weighted by molar-refractivity contribution is 5.95. The first-order valence-corrected chi connectivity index (χ1v) is 7.12. The third kappa shape index (κ3) is 2.39. The van der Waals surface area contributed by atoms with Crippen molar-refractivity contribution in [1.82, 2.24) is 4.98 Å². The molecule has 1 fully saturated rings. The summed E-state index contributed by atoms with van der Waals surface area (Å²) in [4.78, 5) is 28.9. The van der Waals surface area contributed by atoms with Gasteiger partial charge in [0.25, 0.3) is 5.56 Å². The van der Waals surface area contributed by atoms with E-state index >= 15 is 0 Å². The van der Waals surface area contributed by atoms with Gasteiger partial charge in [0.1, 0.15) is 5.69 Å². The summed E-state index contributed by atoms with van der Waals surface area (Å²) in [5, 5.41) is 0.839. The number of fused-ring (bicyclic) bond motifs is 1. The summed E-state index contributed by atoms with van der Waals surface area (Å²) < 4.78 is 4.73. The Bertz CT molecular complexity index is 751. The number of methoxy groups -OCH3 is 1. The summed E-state index contributed by atoms with van der Waals surface area (Å²) in [6.45, 7) is 3.02. The lowest BCUT2D eigenvalue weighted by atomic mass is 10.1. The van der Waals surface area contributed by atoms with Gasteiger partial charge in [0.05, 0.1) is 12.7 Å². The third-order valence-electron chi connectivity index (χ3n) is 4.11. The van der Waals surface area contributed by atoms with Crippen molar-refractivity contribution in [1.29, 1.82) is 0 Å². The molecule has 2 aromatic rings. The molecule has 21 heavy (non-hydrogen) atoms. The smallest absolute Gasteiger partial charge is 0.337 e. The van der Waals surface area contributed by atoms with Gasteiger partial charge in [0, 0.05) is 23.5 Å². The number of hydrogen-bond donors (Lipinski definition) is 1. The van der Waals surface area contributed by atoms with Crippen LogP contribution in [-0.4, -0.2) is 30.6 Å². The standard InChI is InChI=1S/C16H18N2O3/c1-10-4-3-7-18(10)14-9-12-8-11(16(20)21-2)5-6-13(12)17-15(14)19/h5-6,8-10H,3-4,7H2,1-2H3,(H,17,19)/t10-/m1/s1. The van der Waals surface area contributed by atoms with Crippen LogP contribution in [0.25, 0.3) is 10.9 Å². The molecular formula is C16H18N2O3. The van der Waals surface area contributed by atoms with Crippen LogP contribution in [0.15, 0.2) is 29.1 Å². The Kier molecular flexibility index (Phi) is 3.41. The van der Waals surface area contributed by atoms with E-state index in [1.807, 2.05) is 6.07 Å². The fourth-order valence-corrected chi connectivity index (χ4v) is 2.94. The summed E-state index contributed by atoms with van der Waals surface area (Å²) in [6, 6.07) is 7.37. The summed E-state index contributed by atoms with van der Waals surface area (Å²) in [5.74, 6) is -0.376. The van der Waals surface area contributed by atoms with Gasteiger partial charge in [-0.1, -0.05) is 0 Å². The zero-order valence-electron chi connectivity index (χ0n) is 12.2. The maximum atomic E-state index is 12.3. The SMILES string of the molecule is COC(=O)c1ccc2[nH]c(=O)c(N3CCC[C@H]3C)cc2c1. The molecule has 0 bridgehead atoms. The summed E-state index contributed by atoms with van der Waals surface area (Å²) in [5.41, 5.74) is 1.80. The summed E-state index contributed by atoms with van der Waals surface area (Å²) in [6.07, 6.45) is 2.19. The van der Waals surface area contributed by atoms with Crippen molar-refractivity contribution in [3.05, 3.63) is 40.2 Å². The van der Waals surface area contributed by atoms with Crippen molar-refractivity contribution in [2.45, 2.75) is 25.8 Å². The number of esters is 1. The van der Waals surface area contributed by atoms with E-state index in [4.69, 9.17) is 4.74 Å². The Morgan fingerprint density at radius 3 is 2.86 bits per heavy atom. The van der Waals surface area contributed by atoms with Crippen LogP contribution in [0.4, 0.5) is 5.69 Å². The molecule has 1 atom stereocenters. The van der Waals surface area contributed by atoms with E-state index in [9.17, 15) is 9.59 Å². The largest absolute Gasteiger partial charge is 0.465 e. The van der Waals surface area contributed by atoms with Gasteiger partial charge in [-0.2, -0.15) is 0 Å². The molecule has 1 aromatic carbocycles. The number of carbonyl (C=O) groups excluding carboxylic acids is 1. The summed E-state index contributed by atoms with van der Waals surface area (Å²) in [7, 11) is 1.36. The number of carbonyl (C=O) groups is 1. The Balaban J connectivity index is 2.11. The molecule has 0 amide bonds. The van der Waals surface area contributed by atoms with Crippen LogP contribution in [0.1, 0.15) is 30.1 Å². The number of benzene rings is 1. The molecule has 0 aliphatic carbocycles. The molecule has 110 valence electrons. The predicted molar refractivity (Wildman–Crippen MR) is 82.0 cm³/mol. The zero-order chi connectivity index (χ0) is 15.0. The normalized spacial score (nSPS) is 18.2. The quantitative estimate of drug-likeness (QED) is 0.860. The number of hydrogen-bond acceptors (Lipinski definition) is 4. The molecule has 2 heterocycles. The maximum absolute atomic E-state index is 12.3. The number of nitrogens with one attached hydrogen (secondary N) is 1. The van der Waals surface area contributed by atoms with Gasteiger partial charge < -0.3 is 14.6 Å². The van der Waals surface area contributed by atoms with Crippen LogP contribution < -0.4 is 10.5 Å². The topological polar surface area (TPSA) is 62.4 Å². The van der Waals surface area contributed by atoms with E-state index in [0.29, 0.717) is 17.3 Å². The van der Waals surface area contributed by atoms with Crippen molar-refractivity contribution < 1.29 is 9.53 Å². The molecule has 1 aliphatic rings.